The molecule has 0 bridgehead atoms. The van der Waals surface area contributed by atoms with E-state index in [1.54, 1.807) is 0 Å². The number of ether oxygens (including phenoxy) is 3. The fraction of sp³-hybridized carbons (Fsp3) is 0.843. The molecule has 0 aliphatic carbocycles. The summed E-state index contributed by atoms with van der Waals surface area (Å²) in [5, 5.41) is 9.78. The lowest BCUT2D eigenvalue weighted by molar-refractivity contribution is -0.161. The van der Waals surface area contributed by atoms with Gasteiger partial charge in [0.15, 0.2) is 6.10 Å². The van der Waals surface area contributed by atoms with E-state index in [9.17, 15) is 28.7 Å². The van der Waals surface area contributed by atoms with Crippen molar-refractivity contribution < 1.29 is 66.3 Å². The van der Waals surface area contributed by atoms with Crippen molar-refractivity contribution >= 4 is 27.6 Å². The zero-order valence-corrected chi connectivity index (χ0v) is 43.7. The smallest absolute Gasteiger partial charge is 0.462 e. The first-order chi connectivity index (χ1) is 32.2. The molecule has 0 amide bonds. The molecule has 392 valence electrons. The third-order valence-corrected chi connectivity index (χ3v) is 13.4. The predicted molar refractivity (Wildman–Crippen MR) is 266 cm³/mol. The van der Waals surface area contributed by atoms with Crippen LogP contribution in [0.15, 0.2) is 36.5 Å². The van der Waals surface area contributed by atoms with Crippen LogP contribution in [-0.4, -0.2) is 82.6 Å². The van der Waals surface area contributed by atoms with Gasteiger partial charge in [0, 0.05) is 12.8 Å². The number of hydrogen-bond donors (Lipinski definition) is 4. The van der Waals surface area contributed by atoms with Crippen LogP contribution in [0.1, 0.15) is 220 Å². The van der Waals surface area contributed by atoms with Crippen LogP contribution < -0.4 is 0 Å². The highest BCUT2D eigenvalue weighted by Gasteiger charge is 2.36. The zero-order chi connectivity index (χ0) is 49.3. The summed E-state index contributed by atoms with van der Waals surface area (Å²) in [7, 11) is -9.70. The molecule has 0 aromatic heterocycles. The Bertz CT molecular complexity index is 1400. The van der Waals surface area contributed by atoms with Gasteiger partial charge in [-0.05, 0) is 50.9 Å². The van der Waals surface area contributed by atoms with E-state index in [0.717, 1.165) is 50.9 Å². The molecule has 1 saturated heterocycles. The van der Waals surface area contributed by atoms with Crippen LogP contribution in [0.25, 0.3) is 0 Å². The molecule has 0 radical (unpaired) electrons. The Morgan fingerprint density at radius 2 is 1.09 bits per heavy atom. The fourth-order valence-electron chi connectivity index (χ4n) is 7.53. The van der Waals surface area contributed by atoms with Crippen LogP contribution in [0, 0.1) is 5.92 Å². The minimum atomic E-state index is -4.87. The lowest BCUT2D eigenvalue weighted by atomic mass is 9.99. The Hall–Kier alpha value is -1.70. The summed E-state index contributed by atoms with van der Waals surface area (Å²) in [6, 6.07) is 0. The number of phosphoric ester groups is 2. The number of carbonyl (C=O) groups excluding carboxylic acids is 2. The molecule has 1 rings (SSSR count). The van der Waals surface area contributed by atoms with E-state index in [0.29, 0.717) is 31.5 Å². The number of phosphoric acid groups is 2. The third-order valence-electron chi connectivity index (χ3n) is 12.0. The van der Waals surface area contributed by atoms with E-state index in [4.69, 9.17) is 33.0 Å². The SMILES string of the molecule is CCCCCC1OC1C/C=C\C/C=C\C/C=C\CCCC(=O)O[C@H](COC(=O)CCCCCCCCCCCCCCCCCCCCC(C)CC)COP(=O)(O)OC[C@@H](O)COP(=O)(O)O. The summed E-state index contributed by atoms with van der Waals surface area (Å²) in [5.74, 6) is -0.210. The van der Waals surface area contributed by atoms with E-state index in [1.807, 2.05) is 12.2 Å². The minimum Gasteiger partial charge on any atom is -0.462 e. The number of esters is 2. The Morgan fingerprint density at radius 1 is 0.582 bits per heavy atom. The first-order valence-electron chi connectivity index (χ1n) is 26.2. The largest absolute Gasteiger partial charge is 0.472 e. The van der Waals surface area contributed by atoms with Crippen LogP contribution in [0.3, 0.4) is 0 Å². The zero-order valence-electron chi connectivity index (χ0n) is 41.9. The molecule has 1 heterocycles. The quantitative estimate of drug-likeness (QED) is 0.0147. The van der Waals surface area contributed by atoms with Gasteiger partial charge < -0.3 is 34.0 Å². The molecule has 67 heavy (non-hydrogen) atoms. The standard InChI is InChI=1S/C51H94O14P2/c1-4-6-31-37-48-49(65-48)38-33-28-24-20-17-18-22-26-30-35-40-51(54)64-47(44-63-67(58,59)62-42-46(52)41-61-66(55,56)57)43-60-50(53)39-34-29-25-21-16-14-12-10-8-7-9-11-13-15-19-23-27-32-36-45(3)5-2/h17,20,22,26,28,33,45-49,52H,4-16,18-19,21,23-25,27,29-32,34-44H2,1-3H3,(H,58,59)(H2,55,56,57)/b20-17-,26-22-,33-28-/t45?,46-,47+,48?,49?/m0/s1. The number of aliphatic hydroxyl groups excluding tert-OH is 1. The maximum atomic E-state index is 12.7. The average molecular weight is 993 g/mol. The molecule has 6 atom stereocenters. The van der Waals surface area contributed by atoms with Gasteiger partial charge in [0.2, 0.25) is 0 Å². The molecule has 0 spiro atoms. The molecule has 0 saturated carbocycles. The second-order valence-corrected chi connectivity index (χ2v) is 21.1. The van der Waals surface area contributed by atoms with E-state index in [-0.39, 0.29) is 12.8 Å². The number of carbonyl (C=O) groups is 2. The molecule has 4 N–H and O–H groups in total. The first kappa shape index (κ1) is 63.3. The van der Waals surface area contributed by atoms with Crippen molar-refractivity contribution in [2.75, 3.05) is 26.4 Å². The van der Waals surface area contributed by atoms with Crippen LogP contribution in [0.5, 0.6) is 0 Å². The van der Waals surface area contributed by atoms with Gasteiger partial charge in [0.25, 0.3) is 0 Å². The highest BCUT2D eigenvalue weighted by atomic mass is 31.2. The fourth-order valence-corrected chi connectivity index (χ4v) is 8.69. The van der Waals surface area contributed by atoms with Gasteiger partial charge in [-0.1, -0.05) is 198 Å². The molecule has 0 aromatic carbocycles. The third kappa shape index (κ3) is 42.9. The average Bonchev–Trinajstić information content (AvgIpc) is 4.05. The summed E-state index contributed by atoms with van der Waals surface area (Å²) >= 11 is 0. The molecule has 1 aliphatic heterocycles. The molecular formula is C51H94O14P2. The first-order valence-corrected chi connectivity index (χ1v) is 29.2. The monoisotopic (exact) mass is 993 g/mol. The van der Waals surface area contributed by atoms with Gasteiger partial charge in [-0.2, -0.15) is 0 Å². The molecule has 14 nitrogen and oxygen atoms in total. The Labute approximate surface area is 405 Å². The molecule has 0 aromatic rings. The van der Waals surface area contributed by atoms with E-state index >= 15 is 0 Å². The summed E-state index contributed by atoms with van der Waals surface area (Å²) in [6.45, 7) is 4.09. The van der Waals surface area contributed by atoms with Gasteiger partial charge in [-0.25, -0.2) is 9.13 Å². The van der Waals surface area contributed by atoms with Crippen molar-refractivity contribution in [2.45, 2.75) is 244 Å². The minimum absolute atomic E-state index is 0.0533. The maximum Gasteiger partial charge on any atom is 0.472 e. The topological polar surface area (TPSA) is 208 Å². The van der Waals surface area contributed by atoms with E-state index in [2.05, 4.69) is 49.6 Å². The van der Waals surface area contributed by atoms with Gasteiger partial charge in [0.05, 0.1) is 32.0 Å². The predicted octanol–water partition coefficient (Wildman–Crippen LogP) is 13.3. The lowest BCUT2D eigenvalue weighted by Crippen LogP contribution is -2.29. The normalized spacial score (nSPS) is 17.6. The maximum absolute atomic E-state index is 12.7. The molecule has 4 unspecified atom stereocenters. The van der Waals surface area contributed by atoms with Gasteiger partial charge in [-0.15, -0.1) is 0 Å². The molecule has 1 aliphatic rings. The highest BCUT2D eigenvalue weighted by Crippen LogP contribution is 2.44. The Balaban J connectivity index is 2.29. The number of hydrogen-bond acceptors (Lipinski definition) is 11. The van der Waals surface area contributed by atoms with Crippen molar-refractivity contribution in [1.82, 2.24) is 0 Å². The number of allylic oxidation sites excluding steroid dienone is 5. The van der Waals surface area contributed by atoms with E-state index in [1.165, 1.54) is 122 Å². The van der Waals surface area contributed by atoms with Crippen molar-refractivity contribution in [2.24, 2.45) is 5.92 Å². The lowest BCUT2D eigenvalue weighted by Gasteiger charge is -2.20. The Morgan fingerprint density at radius 3 is 1.66 bits per heavy atom. The van der Waals surface area contributed by atoms with Gasteiger partial charge in [0.1, 0.15) is 12.7 Å². The van der Waals surface area contributed by atoms with Crippen molar-refractivity contribution in [1.29, 1.82) is 0 Å². The second kappa shape index (κ2) is 42.0. The van der Waals surface area contributed by atoms with Crippen LogP contribution in [0.2, 0.25) is 0 Å². The summed E-state index contributed by atoms with van der Waals surface area (Å²) in [5.41, 5.74) is 0. The van der Waals surface area contributed by atoms with Crippen molar-refractivity contribution in [3.05, 3.63) is 36.5 Å². The van der Waals surface area contributed by atoms with Gasteiger partial charge >= 0.3 is 27.6 Å². The second-order valence-electron chi connectivity index (χ2n) is 18.4. The summed E-state index contributed by atoms with van der Waals surface area (Å²) < 4.78 is 53.7. The summed E-state index contributed by atoms with van der Waals surface area (Å²) in [6.07, 6.45) is 44.5. The van der Waals surface area contributed by atoms with Crippen LogP contribution in [0.4, 0.5) is 0 Å². The number of aliphatic hydroxyl groups is 1. The molecule has 1 fully saturated rings. The summed E-state index contributed by atoms with van der Waals surface area (Å²) in [4.78, 5) is 52.9. The number of unbranched alkanes of at least 4 members (excludes halogenated alkanes) is 20. The van der Waals surface area contributed by atoms with Gasteiger partial charge in [-0.3, -0.25) is 23.2 Å². The molecule has 16 heteroatoms. The van der Waals surface area contributed by atoms with E-state index < -0.39 is 66.2 Å². The van der Waals surface area contributed by atoms with Crippen LogP contribution >= 0.6 is 15.6 Å². The van der Waals surface area contributed by atoms with Crippen molar-refractivity contribution in [3.8, 4) is 0 Å². The number of epoxide rings is 1. The molecular weight excluding hydrogens is 898 g/mol. The van der Waals surface area contributed by atoms with Crippen molar-refractivity contribution in [3.63, 3.8) is 0 Å². The Kier molecular flexibility index (Phi) is 39.7. The highest BCUT2D eigenvalue weighted by molar-refractivity contribution is 7.47. The number of rotatable bonds is 48. The van der Waals surface area contributed by atoms with Crippen LogP contribution in [-0.2, 0) is 46.5 Å².